The third kappa shape index (κ3) is 5.73. The second-order valence-corrected chi connectivity index (χ2v) is 8.25. The van der Waals surface area contributed by atoms with Crippen LogP contribution in [0.5, 0.6) is 5.75 Å². The number of halogens is 4. The Morgan fingerprint density at radius 2 is 1.94 bits per heavy atom. The van der Waals surface area contributed by atoms with E-state index in [1.807, 2.05) is 0 Å². The van der Waals surface area contributed by atoms with Crippen molar-refractivity contribution in [2.24, 2.45) is 0 Å². The summed E-state index contributed by atoms with van der Waals surface area (Å²) in [7, 11) is 1.15. The van der Waals surface area contributed by atoms with Crippen molar-refractivity contribution < 1.29 is 42.1 Å². The highest BCUT2D eigenvalue weighted by molar-refractivity contribution is 5.97. The third-order valence-electron chi connectivity index (χ3n) is 5.56. The molecule has 2 atom stereocenters. The molecule has 3 aromatic heterocycles. The molecule has 0 bridgehead atoms. The molecular formula is C23H24F4N4O5. The quantitative estimate of drug-likeness (QED) is 0.423. The Bertz CT molecular complexity index is 1280. The van der Waals surface area contributed by atoms with E-state index in [9.17, 15) is 37.4 Å². The number of carboxylic acid groups (broad SMARTS) is 1. The van der Waals surface area contributed by atoms with Gasteiger partial charge in [-0.1, -0.05) is 0 Å². The lowest BCUT2D eigenvalue weighted by Gasteiger charge is -2.26. The SMILES string of the molecule is Cc1cc(OCc2ncccc2F)c2nc(C)c(C(=O)N(C)[C@@H](CCC(O)C(F)(F)F)C(=O)O)n2c1. The number of imidazole rings is 1. The van der Waals surface area contributed by atoms with Crippen LogP contribution in [-0.4, -0.2) is 66.7 Å². The Labute approximate surface area is 203 Å². The maximum absolute atomic E-state index is 13.9. The van der Waals surface area contributed by atoms with E-state index in [-0.39, 0.29) is 35.1 Å². The van der Waals surface area contributed by atoms with Gasteiger partial charge in [0.05, 0.1) is 5.69 Å². The van der Waals surface area contributed by atoms with Crippen LogP contribution in [0.15, 0.2) is 30.6 Å². The molecule has 0 aliphatic carbocycles. The largest absolute Gasteiger partial charge is 0.483 e. The number of ether oxygens (including phenoxy) is 1. The van der Waals surface area contributed by atoms with Crippen molar-refractivity contribution in [3.8, 4) is 5.75 Å². The summed E-state index contributed by atoms with van der Waals surface area (Å²) in [4.78, 5) is 34.1. The summed E-state index contributed by atoms with van der Waals surface area (Å²) in [5.74, 6) is -2.67. The van der Waals surface area contributed by atoms with Crippen molar-refractivity contribution in [1.29, 1.82) is 0 Å². The zero-order valence-corrected chi connectivity index (χ0v) is 19.6. The summed E-state index contributed by atoms with van der Waals surface area (Å²) in [6.07, 6.45) is -6.18. The number of aliphatic hydroxyl groups excluding tert-OH is 1. The van der Waals surface area contributed by atoms with Crippen LogP contribution in [0.3, 0.4) is 0 Å². The van der Waals surface area contributed by atoms with Crippen LogP contribution < -0.4 is 4.74 Å². The molecule has 0 saturated heterocycles. The highest BCUT2D eigenvalue weighted by atomic mass is 19.4. The van der Waals surface area contributed by atoms with Crippen LogP contribution in [-0.2, 0) is 11.4 Å². The fourth-order valence-electron chi connectivity index (χ4n) is 3.66. The van der Waals surface area contributed by atoms with Gasteiger partial charge in [0.1, 0.15) is 36.0 Å². The summed E-state index contributed by atoms with van der Waals surface area (Å²) in [5.41, 5.74) is 1.09. The fraction of sp³-hybridized carbons (Fsp3) is 0.391. The zero-order chi connectivity index (χ0) is 26.8. The van der Waals surface area contributed by atoms with Crippen LogP contribution in [0, 0.1) is 19.7 Å². The first kappa shape index (κ1) is 26.9. The third-order valence-corrected chi connectivity index (χ3v) is 5.56. The number of alkyl halides is 3. The number of likely N-dealkylation sites (N-methyl/N-ethyl adjacent to an activating group) is 1. The summed E-state index contributed by atoms with van der Waals surface area (Å²) in [6.45, 7) is 3.00. The maximum atomic E-state index is 13.9. The van der Waals surface area contributed by atoms with Gasteiger partial charge in [0.2, 0.25) is 0 Å². The van der Waals surface area contributed by atoms with Crippen molar-refractivity contribution >= 4 is 17.5 Å². The van der Waals surface area contributed by atoms with E-state index in [1.54, 1.807) is 19.2 Å². The summed E-state index contributed by atoms with van der Waals surface area (Å²) < 4.78 is 59.0. The number of aryl methyl sites for hydroxylation is 2. The van der Waals surface area contributed by atoms with Crippen LogP contribution in [0.2, 0.25) is 0 Å². The molecule has 1 unspecified atom stereocenters. The molecule has 9 nitrogen and oxygen atoms in total. The normalized spacial score (nSPS) is 13.4. The smallest absolute Gasteiger partial charge is 0.414 e. The Kier molecular flexibility index (Phi) is 7.82. The fourth-order valence-corrected chi connectivity index (χ4v) is 3.66. The van der Waals surface area contributed by atoms with Gasteiger partial charge >= 0.3 is 12.1 Å². The van der Waals surface area contributed by atoms with Crippen molar-refractivity contribution in [2.45, 2.75) is 51.6 Å². The standard InChI is InChI=1S/C23H24F4N4O5/c1-12-9-17(36-11-15-14(24)5-4-8-28-15)20-29-13(2)19(31(20)10-12)21(33)30(3)16(22(34)35)6-7-18(32)23(25,26)27/h4-5,8-10,16,18,32H,6-7,11H2,1-3H3,(H,34,35)/t16-,18?/m0/s1. The molecule has 3 heterocycles. The molecule has 0 radical (unpaired) electrons. The lowest BCUT2D eigenvalue weighted by Crippen LogP contribution is -2.44. The summed E-state index contributed by atoms with van der Waals surface area (Å²) >= 11 is 0. The number of fused-ring (bicyclic) bond motifs is 1. The topological polar surface area (TPSA) is 117 Å². The highest BCUT2D eigenvalue weighted by Crippen LogP contribution is 2.27. The Hall–Kier alpha value is -3.74. The minimum atomic E-state index is -4.91. The molecule has 3 rings (SSSR count). The molecule has 36 heavy (non-hydrogen) atoms. The molecule has 0 aromatic carbocycles. The highest BCUT2D eigenvalue weighted by Gasteiger charge is 2.39. The number of hydrogen-bond donors (Lipinski definition) is 2. The zero-order valence-electron chi connectivity index (χ0n) is 19.6. The summed E-state index contributed by atoms with van der Waals surface area (Å²) in [6, 6.07) is 2.66. The predicted octanol–water partition coefficient (Wildman–Crippen LogP) is 3.29. The molecule has 0 fully saturated rings. The van der Waals surface area contributed by atoms with Crippen LogP contribution >= 0.6 is 0 Å². The van der Waals surface area contributed by atoms with Crippen molar-refractivity contribution in [3.63, 3.8) is 0 Å². The van der Waals surface area contributed by atoms with Crippen molar-refractivity contribution in [1.82, 2.24) is 19.3 Å². The molecule has 2 N–H and O–H groups in total. The number of carbonyl (C=O) groups is 2. The van der Waals surface area contributed by atoms with Gasteiger partial charge < -0.3 is 19.8 Å². The lowest BCUT2D eigenvalue weighted by atomic mass is 10.1. The molecular weight excluding hydrogens is 488 g/mol. The number of carbonyl (C=O) groups excluding carboxylic acids is 1. The molecule has 0 aliphatic heterocycles. The number of nitrogens with zero attached hydrogens (tertiary/aromatic N) is 4. The number of aliphatic hydroxyl groups is 1. The first-order chi connectivity index (χ1) is 16.8. The van der Waals surface area contributed by atoms with Gasteiger partial charge in [0.15, 0.2) is 11.4 Å². The van der Waals surface area contributed by atoms with Gasteiger partial charge in [0, 0.05) is 19.4 Å². The average Bonchev–Trinajstić information content (AvgIpc) is 3.12. The van der Waals surface area contributed by atoms with Gasteiger partial charge in [-0.15, -0.1) is 0 Å². The average molecular weight is 512 g/mol. The van der Waals surface area contributed by atoms with Crippen LogP contribution in [0.1, 0.15) is 40.3 Å². The summed E-state index contributed by atoms with van der Waals surface area (Å²) in [5, 5.41) is 18.8. The second-order valence-electron chi connectivity index (χ2n) is 8.25. The predicted molar refractivity (Wildman–Crippen MR) is 118 cm³/mol. The number of aliphatic carboxylic acids is 1. The van der Waals surface area contributed by atoms with Gasteiger partial charge in [-0.2, -0.15) is 13.2 Å². The Balaban J connectivity index is 1.91. The first-order valence-corrected chi connectivity index (χ1v) is 10.8. The monoisotopic (exact) mass is 512 g/mol. The van der Waals surface area contributed by atoms with E-state index in [4.69, 9.17) is 4.74 Å². The van der Waals surface area contributed by atoms with Crippen LogP contribution in [0.4, 0.5) is 17.6 Å². The number of rotatable bonds is 9. The van der Waals surface area contributed by atoms with E-state index < -0.39 is 48.9 Å². The molecule has 3 aromatic rings. The molecule has 1 amide bonds. The van der Waals surface area contributed by atoms with Gasteiger partial charge in [0.25, 0.3) is 5.91 Å². The molecule has 0 spiro atoms. The Morgan fingerprint density at radius 3 is 2.56 bits per heavy atom. The molecule has 0 aliphatic rings. The molecule has 194 valence electrons. The van der Waals surface area contributed by atoms with Crippen molar-refractivity contribution in [3.05, 3.63) is 59.1 Å². The van der Waals surface area contributed by atoms with E-state index in [0.717, 1.165) is 11.9 Å². The molecule has 0 saturated carbocycles. The van der Waals surface area contributed by atoms with Crippen LogP contribution in [0.25, 0.3) is 5.65 Å². The molecule has 13 heteroatoms. The number of pyridine rings is 2. The number of hydrogen-bond acceptors (Lipinski definition) is 6. The van der Waals surface area contributed by atoms with Gasteiger partial charge in [-0.3, -0.25) is 14.2 Å². The first-order valence-electron chi connectivity index (χ1n) is 10.8. The lowest BCUT2D eigenvalue weighted by molar-refractivity contribution is -0.206. The van der Waals surface area contributed by atoms with E-state index in [2.05, 4.69) is 9.97 Å². The van der Waals surface area contributed by atoms with E-state index in [1.165, 1.54) is 29.7 Å². The number of carboxylic acids is 1. The van der Waals surface area contributed by atoms with Crippen molar-refractivity contribution in [2.75, 3.05) is 7.05 Å². The maximum Gasteiger partial charge on any atom is 0.414 e. The van der Waals surface area contributed by atoms with Gasteiger partial charge in [-0.05, 0) is 50.5 Å². The number of aromatic nitrogens is 3. The number of amides is 1. The minimum absolute atomic E-state index is 0.0207. The minimum Gasteiger partial charge on any atom is -0.483 e. The van der Waals surface area contributed by atoms with E-state index in [0.29, 0.717) is 5.56 Å². The van der Waals surface area contributed by atoms with E-state index >= 15 is 0 Å². The second kappa shape index (κ2) is 10.5. The Morgan fingerprint density at radius 1 is 1.25 bits per heavy atom. The van der Waals surface area contributed by atoms with Gasteiger partial charge in [-0.25, -0.2) is 14.2 Å².